The van der Waals surface area contributed by atoms with Gasteiger partial charge in [0, 0.05) is 48.6 Å². The molecule has 0 aliphatic carbocycles. The first-order valence-electron chi connectivity index (χ1n) is 13.8. The third-order valence-corrected chi connectivity index (χ3v) is 7.73. The molecule has 222 valence electrons. The van der Waals surface area contributed by atoms with E-state index in [2.05, 4.69) is 20.9 Å². The van der Waals surface area contributed by atoms with E-state index in [-0.39, 0.29) is 36.9 Å². The number of thiazole rings is 1. The van der Waals surface area contributed by atoms with Gasteiger partial charge in [0.25, 0.3) is 5.91 Å². The second-order valence-corrected chi connectivity index (χ2v) is 11.8. The fraction of sp³-hybridized carbons (Fsp3) is 0.536. The van der Waals surface area contributed by atoms with Crippen LogP contribution in [-0.4, -0.2) is 101 Å². The molecule has 41 heavy (non-hydrogen) atoms. The maximum absolute atomic E-state index is 13.6. The molecule has 2 aromatic rings. The van der Waals surface area contributed by atoms with Crippen LogP contribution in [-0.2, 0) is 14.3 Å². The van der Waals surface area contributed by atoms with E-state index in [1.165, 1.54) is 16.2 Å². The molecule has 4 N–H and O–H groups in total. The summed E-state index contributed by atoms with van der Waals surface area (Å²) in [5, 5.41) is 21.0. The van der Waals surface area contributed by atoms with E-state index in [1.807, 2.05) is 27.7 Å². The molecular weight excluding hydrogens is 548 g/mol. The second kappa shape index (κ2) is 13.4. The molecule has 0 saturated carbocycles. The number of aliphatic hydroxyl groups is 1. The number of morpholine rings is 1. The van der Waals surface area contributed by atoms with Crippen LogP contribution in [0.3, 0.4) is 0 Å². The number of ether oxygens (including phenoxy) is 1. The summed E-state index contributed by atoms with van der Waals surface area (Å²) in [5.74, 6) is -1.27. The molecule has 1 aromatic heterocycles. The van der Waals surface area contributed by atoms with Crippen LogP contribution in [0.1, 0.15) is 44.5 Å². The number of anilines is 1. The number of carbonyl (C=O) groups is 4. The molecule has 1 aromatic carbocycles. The van der Waals surface area contributed by atoms with Gasteiger partial charge in [-0.25, -0.2) is 9.78 Å². The van der Waals surface area contributed by atoms with Crippen LogP contribution in [0, 0.1) is 5.92 Å². The molecule has 4 rings (SSSR count). The van der Waals surface area contributed by atoms with Crippen molar-refractivity contribution in [3.63, 3.8) is 0 Å². The van der Waals surface area contributed by atoms with E-state index in [0.717, 1.165) is 5.56 Å². The first-order chi connectivity index (χ1) is 19.5. The van der Waals surface area contributed by atoms with Crippen molar-refractivity contribution in [3.8, 4) is 11.3 Å². The number of likely N-dealkylation sites (tertiary alicyclic amines) is 1. The van der Waals surface area contributed by atoms with Crippen LogP contribution in [0.4, 0.5) is 9.93 Å². The SMILES string of the molecule is CC(C)NC(=O)c1ccc(-c2csc(NC(=O)[C@@H]3C[C@H](O)CN3C(=O)[C@H](NC(=O)N3CCOCC3)C(C)C)n2)cc1. The summed E-state index contributed by atoms with van der Waals surface area (Å²) in [5.41, 5.74) is 1.95. The number of β-amino-alcohol motifs (C(OH)–C–C–N with tert-alkyl or cyclic N) is 1. The van der Waals surface area contributed by atoms with Crippen LogP contribution in [0.15, 0.2) is 29.6 Å². The predicted octanol–water partition coefficient (Wildman–Crippen LogP) is 1.92. The Balaban J connectivity index is 1.41. The van der Waals surface area contributed by atoms with E-state index in [9.17, 15) is 24.3 Å². The Morgan fingerprint density at radius 3 is 2.37 bits per heavy atom. The molecular formula is C28H38N6O6S. The highest BCUT2D eigenvalue weighted by Gasteiger charge is 2.42. The topological polar surface area (TPSA) is 153 Å². The number of aromatic nitrogens is 1. The van der Waals surface area contributed by atoms with Gasteiger partial charge in [-0.3, -0.25) is 14.4 Å². The second-order valence-electron chi connectivity index (χ2n) is 10.9. The minimum atomic E-state index is -0.912. The van der Waals surface area contributed by atoms with Crippen LogP contribution in [0.5, 0.6) is 0 Å². The summed E-state index contributed by atoms with van der Waals surface area (Å²) in [6, 6.07) is 4.93. The van der Waals surface area contributed by atoms with Crippen molar-refractivity contribution in [2.45, 2.75) is 58.3 Å². The molecule has 3 atom stereocenters. The maximum Gasteiger partial charge on any atom is 0.318 e. The van der Waals surface area contributed by atoms with Crippen molar-refractivity contribution in [1.29, 1.82) is 0 Å². The van der Waals surface area contributed by atoms with Crippen molar-refractivity contribution in [2.24, 2.45) is 5.92 Å². The fourth-order valence-corrected chi connectivity index (χ4v) is 5.50. The van der Waals surface area contributed by atoms with Crippen molar-refractivity contribution >= 4 is 40.2 Å². The van der Waals surface area contributed by atoms with Gasteiger partial charge in [-0.15, -0.1) is 11.3 Å². The molecule has 2 fully saturated rings. The van der Waals surface area contributed by atoms with Crippen molar-refractivity contribution in [3.05, 3.63) is 35.2 Å². The third-order valence-electron chi connectivity index (χ3n) is 6.97. The number of nitrogens with one attached hydrogen (secondary N) is 3. The molecule has 0 spiro atoms. The van der Waals surface area contributed by atoms with E-state index < -0.39 is 30.0 Å². The van der Waals surface area contributed by atoms with Crippen LogP contribution >= 0.6 is 11.3 Å². The van der Waals surface area contributed by atoms with Gasteiger partial charge in [0.1, 0.15) is 12.1 Å². The quantitative estimate of drug-likeness (QED) is 0.369. The van der Waals surface area contributed by atoms with E-state index in [1.54, 1.807) is 34.5 Å². The number of aliphatic hydroxyl groups excluding tert-OH is 1. The number of carbonyl (C=O) groups excluding carboxylic acids is 4. The number of amides is 5. The van der Waals surface area contributed by atoms with Gasteiger partial charge in [-0.2, -0.15) is 0 Å². The molecule has 2 saturated heterocycles. The molecule has 2 aliphatic heterocycles. The van der Waals surface area contributed by atoms with Gasteiger partial charge in [0.2, 0.25) is 11.8 Å². The normalized spacial score (nSPS) is 19.8. The smallest absolute Gasteiger partial charge is 0.318 e. The Bertz CT molecular complexity index is 1240. The summed E-state index contributed by atoms with van der Waals surface area (Å²) in [6.07, 6.45) is -0.784. The zero-order chi connectivity index (χ0) is 29.7. The summed E-state index contributed by atoms with van der Waals surface area (Å²) < 4.78 is 5.30. The van der Waals surface area contributed by atoms with Gasteiger partial charge in [0.05, 0.1) is 25.0 Å². The molecule has 2 aliphatic rings. The molecule has 3 heterocycles. The van der Waals surface area contributed by atoms with Crippen molar-refractivity contribution in [1.82, 2.24) is 25.4 Å². The Labute approximate surface area is 243 Å². The third kappa shape index (κ3) is 7.60. The standard InChI is InChI=1S/C28H38N6O6S/c1-16(2)23(31-28(39)33-9-11-40-12-10-33)26(38)34-14-20(35)13-22(34)25(37)32-27-30-21(15-41-27)18-5-7-19(8-6-18)24(36)29-17(3)4/h5-8,15-17,20,22-23,35H,9-14H2,1-4H3,(H,29,36)(H,31,39)(H,30,32,37)/t20-,22-,23+/m0/s1. The van der Waals surface area contributed by atoms with Gasteiger partial charge >= 0.3 is 6.03 Å². The van der Waals surface area contributed by atoms with Crippen molar-refractivity contribution in [2.75, 3.05) is 38.2 Å². The zero-order valence-electron chi connectivity index (χ0n) is 23.8. The molecule has 12 nitrogen and oxygen atoms in total. The first-order valence-corrected chi connectivity index (χ1v) is 14.7. The average Bonchev–Trinajstić information content (AvgIpc) is 3.58. The van der Waals surface area contributed by atoms with E-state index in [4.69, 9.17) is 4.74 Å². The fourth-order valence-electron chi connectivity index (χ4n) is 4.78. The highest BCUT2D eigenvalue weighted by Crippen LogP contribution is 2.27. The lowest BCUT2D eigenvalue weighted by molar-refractivity contribution is -0.139. The predicted molar refractivity (Wildman–Crippen MR) is 154 cm³/mol. The van der Waals surface area contributed by atoms with E-state index in [0.29, 0.717) is 42.7 Å². The summed E-state index contributed by atoms with van der Waals surface area (Å²) in [7, 11) is 0. The average molecular weight is 587 g/mol. The highest BCUT2D eigenvalue weighted by atomic mass is 32.1. The van der Waals surface area contributed by atoms with Crippen LogP contribution < -0.4 is 16.0 Å². The summed E-state index contributed by atoms with van der Waals surface area (Å²) in [4.78, 5) is 59.3. The minimum absolute atomic E-state index is 0.00653. The number of hydrogen-bond donors (Lipinski definition) is 4. The maximum atomic E-state index is 13.6. The first kappa shape index (κ1) is 30.4. The largest absolute Gasteiger partial charge is 0.391 e. The Morgan fingerprint density at radius 1 is 1.05 bits per heavy atom. The molecule has 0 radical (unpaired) electrons. The molecule has 0 bridgehead atoms. The lowest BCUT2D eigenvalue weighted by Crippen LogP contribution is -2.57. The van der Waals surface area contributed by atoms with Crippen molar-refractivity contribution < 1.29 is 29.0 Å². The number of urea groups is 1. The zero-order valence-corrected chi connectivity index (χ0v) is 24.6. The Kier molecular flexibility index (Phi) is 9.94. The monoisotopic (exact) mass is 586 g/mol. The van der Waals surface area contributed by atoms with Gasteiger partial charge in [-0.1, -0.05) is 26.0 Å². The van der Waals surface area contributed by atoms with E-state index >= 15 is 0 Å². The summed E-state index contributed by atoms with van der Waals surface area (Å²) in [6.45, 7) is 9.18. The Morgan fingerprint density at radius 2 is 1.73 bits per heavy atom. The van der Waals surface area contributed by atoms with Crippen LogP contribution in [0.25, 0.3) is 11.3 Å². The molecule has 5 amide bonds. The number of hydrogen-bond acceptors (Lipinski definition) is 8. The Hall–Kier alpha value is -3.55. The molecule has 13 heteroatoms. The lowest BCUT2D eigenvalue weighted by atomic mass is 10.0. The number of nitrogens with zero attached hydrogens (tertiary/aromatic N) is 3. The van der Waals surface area contributed by atoms with Gasteiger partial charge < -0.3 is 35.6 Å². The molecule has 0 unspecified atom stereocenters. The minimum Gasteiger partial charge on any atom is -0.391 e. The summed E-state index contributed by atoms with van der Waals surface area (Å²) >= 11 is 1.24. The lowest BCUT2D eigenvalue weighted by Gasteiger charge is -2.33. The highest BCUT2D eigenvalue weighted by molar-refractivity contribution is 7.14. The van der Waals surface area contributed by atoms with Crippen LogP contribution in [0.2, 0.25) is 0 Å². The number of rotatable bonds is 8. The van der Waals surface area contributed by atoms with Gasteiger partial charge in [0.15, 0.2) is 5.13 Å². The van der Waals surface area contributed by atoms with Gasteiger partial charge in [-0.05, 0) is 31.9 Å². The number of benzene rings is 1.